The summed E-state index contributed by atoms with van der Waals surface area (Å²) in [5, 5.41) is 1.80. The van der Waals surface area contributed by atoms with E-state index >= 15 is 0 Å². The van der Waals surface area contributed by atoms with Crippen molar-refractivity contribution in [2.75, 3.05) is 26.4 Å². The molecule has 0 bridgehead atoms. The lowest BCUT2D eigenvalue weighted by molar-refractivity contribution is -0.163. The lowest BCUT2D eigenvalue weighted by Gasteiger charge is -2.32. The maximum Gasteiger partial charge on any atom is 0.414 e. The van der Waals surface area contributed by atoms with Crippen molar-refractivity contribution < 1.29 is 41.9 Å². The summed E-state index contributed by atoms with van der Waals surface area (Å²) >= 11 is 1.12. The number of ketones is 2. The molecular weight excluding hydrogens is 574 g/mol. The standard InChI is InChI=1S/C27H33N3O9S2/c1-16-7-10-18(11-8-16)41(36,37)30(24(33)23-28-13-14-40-23)21(25(34)39-27(2,3)4)22(32)19-12-9-17(15-20(19)31)38-26(35)29(5)6/h7-12,21,23,28H,13-15H2,1-6H3/t21-,23-/m0/s1. The molecule has 41 heavy (non-hydrogen) atoms. The number of Topliss-reactive ketones (excluding diaryl/α,β-unsaturated/α-hetero) is 2. The third kappa shape index (κ3) is 7.63. The Morgan fingerprint density at radius 3 is 2.22 bits per heavy atom. The number of esters is 1. The maximum absolute atomic E-state index is 14.0. The molecule has 1 aliphatic heterocycles. The fourth-order valence-corrected chi connectivity index (χ4v) is 6.34. The van der Waals surface area contributed by atoms with Crippen LogP contribution in [0, 0.1) is 6.92 Å². The third-order valence-electron chi connectivity index (χ3n) is 5.77. The SMILES string of the molecule is Cc1ccc(S(=O)(=O)N(C(=O)[C@H]2NCCS2)[C@H](C(=O)OC(C)(C)C)C(=O)C2=CC=C(OC(=O)N(C)C)CC2=O)cc1. The van der Waals surface area contributed by atoms with Crippen molar-refractivity contribution in [1.82, 2.24) is 14.5 Å². The smallest absolute Gasteiger partial charge is 0.414 e. The van der Waals surface area contributed by atoms with Gasteiger partial charge in [-0.3, -0.25) is 19.7 Å². The van der Waals surface area contributed by atoms with Crippen LogP contribution in [0.25, 0.3) is 0 Å². The molecule has 2 amide bonds. The van der Waals surface area contributed by atoms with E-state index in [4.69, 9.17) is 9.47 Å². The monoisotopic (exact) mass is 607 g/mol. The van der Waals surface area contributed by atoms with Crippen molar-refractivity contribution in [3.05, 3.63) is 53.3 Å². The van der Waals surface area contributed by atoms with E-state index in [1.807, 2.05) is 0 Å². The number of nitrogens with zero attached hydrogens (tertiary/aromatic N) is 2. The van der Waals surface area contributed by atoms with Gasteiger partial charge in [-0.1, -0.05) is 17.7 Å². The number of aryl methyl sites for hydroxylation is 1. The number of sulfonamides is 1. The number of rotatable bonds is 8. The summed E-state index contributed by atoms with van der Waals surface area (Å²) < 4.78 is 38.7. The zero-order chi connectivity index (χ0) is 30.7. The number of benzene rings is 1. The van der Waals surface area contributed by atoms with Gasteiger partial charge in [0.15, 0.2) is 5.78 Å². The normalized spacial score (nSPS) is 18.1. The summed E-state index contributed by atoms with van der Waals surface area (Å²) in [6, 6.07) is 3.20. The number of hydrogen-bond donors (Lipinski definition) is 1. The van der Waals surface area contributed by atoms with Crippen LogP contribution < -0.4 is 5.32 Å². The van der Waals surface area contributed by atoms with Crippen molar-refractivity contribution in [1.29, 1.82) is 0 Å². The molecule has 0 spiro atoms. The molecule has 0 saturated carbocycles. The molecule has 1 heterocycles. The molecular formula is C27H33N3O9S2. The number of amides is 2. The summed E-state index contributed by atoms with van der Waals surface area (Å²) in [7, 11) is -1.92. The summed E-state index contributed by atoms with van der Waals surface area (Å²) in [5.41, 5.74) is -0.976. The number of thioether (sulfide) groups is 1. The highest BCUT2D eigenvalue weighted by Crippen LogP contribution is 2.29. The largest absolute Gasteiger partial charge is 0.458 e. The molecule has 14 heteroatoms. The molecule has 2 aliphatic rings. The van der Waals surface area contributed by atoms with Crippen LogP contribution in [0.2, 0.25) is 0 Å². The first-order chi connectivity index (χ1) is 19.0. The molecule has 3 rings (SSSR count). The molecule has 0 aromatic heterocycles. The second kappa shape index (κ2) is 12.6. The third-order valence-corrected chi connectivity index (χ3v) is 8.69. The van der Waals surface area contributed by atoms with Crippen LogP contribution in [-0.2, 0) is 38.7 Å². The lowest BCUT2D eigenvalue weighted by Crippen LogP contribution is -2.58. The Kier molecular flexibility index (Phi) is 9.82. The summed E-state index contributed by atoms with van der Waals surface area (Å²) in [6.07, 6.45) is 0.989. The number of allylic oxidation sites excluding steroid dienone is 3. The van der Waals surface area contributed by atoms with Crippen molar-refractivity contribution in [3.63, 3.8) is 0 Å². The highest BCUT2D eigenvalue weighted by Gasteiger charge is 2.49. The van der Waals surface area contributed by atoms with Crippen LogP contribution in [0.3, 0.4) is 0 Å². The fourth-order valence-electron chi connectivity index (χ4n) is 3.80. The van der Waals surface area contributed by atoms with E-state index in [1.165, 1.54) is 65.2 Å². The minimum atomic E-state index is -4.81. The Hall–Kier alpha value is -3.49. The van der Waals surface area contributed by atoms with Gasteiger partial charge in [0, 0.05) is 26.4 Å². The van der Waals surface area contributed by atoms with Gasteiger partial charge in [0.1, 0.15) is 16.7 Å². The predicted octanol–water partition coefficient (Wildman–Crippen LogP) is 1.94. The second-order valence-electron chi connectivity index (χ2n) is 10.5. The van der Waals surface area contributed by atoms with Crippen molar-refractivity contribution in [3.8, 4) is 0 Å². The highest BCUT2D eigenvalue weighted by atomic mass is 32.2. The Labute approximate surface area is 243 Å². The van der Waals surface area contributed by atoms with Crippen LogP contribution in [-0.4, -0.2) is 90.6 Å². The Balaban J connectivity index is 2.16. The quantitative estimate of drug-likeness (QED) is 0.262. The molecule has 222 valence electrons. The highest BCUT2D eigenvalue weighted by molar-refractivity contribution is 8.01. The van der Waals surface area contributed by atoms with Crippen molar-refractivity contribution in [2.24, 2.45) is 0 Å². The molecule has 1 aromatic rings. The minimum Gasteiger partial charge on any atom is -0.458 e. The molecule has 1 aliphatic carbocycles. The molecule has 1 N–H and O–H groups in total. The molecule has 1 saturated heterocycles. The van der Waals surface area contributed by atoms with Gasteiger partial charge in [-0.25, -0.2) is 22.3 Å². The van der Waals surface area contributed by atoms with Crippen LogP contribution in [0.15, 0.2) is 52.6 Å². The molecule has 0 radical (unpaired) electrons. The first kappa shape index (κ1) is 32.0. The van der Waals surface area contributed by atoms with Gasteiger partial charge in [0.2, 0.25) is 11.8 Å². The second-order valence-corrected chi connectivity index (χ2v) is 13.6. The molecule has 1 fully saturated rings. The molecule has 1 aromatic carbocycles. The Morgan fingerprint density at radius 1 is 1.07 bits per heavy atom. The van der Waals surface area contributed by atoms with E-state index in [0.29, 0.717) is 12.3 Å². The number of carbonyl (C=O) groups excluding carboxylic acids is 5. The van der Waals surface area contributed by atoms with Gasteiger partial charge in [-0.05, 0) is 52.0 Å². The van der Waals surface area contributed by atoms with Gasteiger partial charge >= 0.3 is 12.1 Å². The van der Waals surface area contributed by atoms with Gasteiger partial charge < -0.3 is 14.4 Å². The van der Waals surface area contributed by atoms with Gasteiger partial charge in [0.05, 0.1) is 16.9 Å². The summed E-state index contributed by atoms with van der Waals surface area (Å²) in [5.74, 6) is -4.02. The van der Waals surface area contributed by atoms with Crippen LogP contribution in [0.5, 0.6) is 0 Å². The van der Waals surface area contributed by atoms with E-state index in [9.17, 15) is 32.4 Å². The van der Waals surface area contributed by atoms with Crippen LogP contribution in [0.4, 0.5) is 4.79 Å². The number of hydrogen-bond acceptors (Lipinski definition) is 11. The molecule has 12 nitrogen and oxygen atoms in total. The lowest BCUT2D eigenvalue weighted by atomic mass is 9.94. The van der Waals surface area contributed by atoms with Crippen LogP contribution in [0.1, 0.15) is 32.8 Å². The minimum absolute atomic E-state index is 0.0502. The van der Waals surface area contributed by atoms with Gasteiger partial charge in [0.25, 0.3) is 15.9 Å². The van der Waals surface area contributed by atoms with Crippen molar-refractivity contribution in [2.45, 2.75) is 56.0 Å². The molecule has 0 unspecified atom stereocenters. The van der Waals surface area contributed by atoms with E-state index in [1.54, 1.807) is 6.92 Å². The maximum atomic E-state index is 14.0. The number of nitrogens with one attached hydrogen (secondary N) is 1. The Bertz CT molecular complexity index is 1400. The Morgan fingerprint density at radius 2 is 1.71 bits per heavy atom. The number of carbonyl (C=O) groups is 5. The van der Waals surface area contributed by atoms with Crippen molar-refractivity contribution >= 4 is 51.3 Å². The zero-order valence-electron chi connectivity index (χ0n) is 23.6. The van der Waals surface area contributed by atoms with Gasteiger partial charge in [-0.15, -0.1) is 11.8 Å². The fraction of sp³-hybridized carbons (Fsp3) is 0.444. The first-order valence-corrected chi connectivity index (χ1v) is 15.1. The van der Waals surface area contributed by atoms with E-state index in [2.05, 4.69) is 5.32 Å². The van der Waals surface area contributed by atoms with E-state index in [0.717, 1.165) is 28.3 Å². The predicted molar refractivity (Wildman–Crippen MR) is 150 cm³/mol. The first-order valence-electron chi connectivity index (χ1n) is 12.6. The summed E-state index contributed by atoms with van der Waals surface area (Å²) in [6.45, 7) is 6.68. The zero-order valence-corrected chi connectivity index (χ0v) is 25.3. The molecule has 2 atom stereocenters. The summed E-state index contributed by atoms with van der Waals surface area (Å²) in [4.78, 5) is 67.1. The average molecular weight is 608 g/mol. The average Bonchev–Trinajstić information content (AvgIpc) is 3.40. The topological polar surface area (TPSA) is 156 Å². The van der Waals surface area contributed by atoms with E-state index in [-0.39, 0.29) is 15.0 Å². The van der Waals surface area contributed by atoms with Gasteiger partial charge in [-0.2, -0.15) is 0 Å². The van der Waals surface area contributed by atoms with Crippen LogP contribution >= 0.6 is 11.8 Å². The number of ether oxygens (including phenoxy) is 2. The van der Waals surface area contributed by atoms with E-state index < -0.39 is 68.6 Å².